The molecule has 176 valence electrons. The van der Waals surface area contributed by atoms with E-state index in [-0.39, 0.29) is 11.9 Å². The Kier molecular flexibility index (Phi) is 5.89. The molecule has 0 saturated carbocycles. The molecule has 10 heteroatoms. The summed E-state index contributed by atoms with van der Waals surface area (Å²) in [5.41, 5.74) is 8.70. The molecule has 1 saturated heterocycles. The van der Waals surface area contributed by atoms with Gasteiger partial charge in [0, 0.05) is 18.7 Å². The molecule has 5 rings (SSSR count). The highest BCUT2D eigenvalue weighted by atomic mass is 19.1. The minimum Gasteiger partial charge on any atom is -0.493 e. The van der Waals surface area contributed by atoms with E-state index in [0.717, 1.165) is 25.0 Å². The minimum atomic E-state index is -0.387. The maximum Gasteiger partial charge on any atom is 0.225 e. The fourth-order valence-corrected chi connectivity index (χ4v) is 4.10. The fraction of sp³-hybridized carbons (Fsp3) is 0.292. The molecule has 4 aromatic rings. The second kappa shape index (κ2) is 9.14. The first-order chi connectivity index (χ1) is 16.6. The quantitative estimate of drug-likeness (QED) is 0.425. The van der Waals surface area contributed by atoms with Gasteiger partial charge in [0.15, 0.2) is 17.1 Å². The Morgan fingerprint density at radius 2 is 2.00 bits per heavy atom. The van der Waals surface area contributed by atoms with Gasteiger partial charge in [-0.3, -0.25) is 0 Å². The summed E-state index contributed by atoms with van der Waals surface area (Å²) in [5.74, 6) is 1.46. The fourth-order valence-electron chi connectivity index (χ4n) is 4.10. The van der Waals surface area contributed by atoms with Gasteiger partial charge in [0.05, 0.1) is 37.1 Å². The van der Waals surface area contributed by atoms with Crippen molar-refractivity contribution in [1.82, 2.24) is 19.7 Å². The largest absolute Gasteiger partial charge is 0.493 e. The molecule has 0 amide bonds. The van der Waals surface area contributed by atoms with Crippen LogP contribution in [0.1, 0.15) is 12.8 Å². The molecule has 1 fully saturated rings. The summed E-state index contributed by atoms with van der Waals surface area (Å²) in [6.45, 7) is 1.34. The Bertz CT molecular complexity index is 1340. The normalized spacial score (nSPS) is 15.6. The van der Waals surface area contributed by atoms with Crippen LogP contribution in [0.15, 0.2) is 42.5 Å². The van der Waals surface area contributed by atoms with Crippen molar-refractivity contribution >= 4 is 22.8 Å². The molecule has 0 radical (unpaired) electrons. The van der Waals surface area contributed by atoms with E-state index in [1.165, 1.54) is 16.8 Å². The predicted octanol–water partition coefficient (Wildman–Crippen LogP) is 3.81. The summed E-state index contributed by atoms with van der Waals surface area (Å²) < 4.78 is 31.9. The van der Waals surface area contributed by atoms with E-state index in [0.29, 0.717) is 52.2 Å². The highest BCUT2D eigenvalue weighted by Gasteiger charge is 2.22. The second-order valence-corrected chi connectivity index (χ2v) is 7.96. The lowest BCUT2D eigenvalue weighted by molar-refractivity contribution is 0.120. The van der Waals surface area contributed by atoms with Gasteiger partial charge in [-0.25, -0.2) is 14.1 Å². The van der Waals surface area contributed by atoms with Gasteiger partial charge >= 0.3 is 0 Å². The van der Waals surface area contributed by atoms with Gasteiger partial charge in [-0.1, -0.05) is 6.07 Å². The maximum atomic E-state index is 13.9. The Morgan fingerprint density at radius 1 is 1.15 bits per heavy atom. The van der Waals surface area contributed by atoms with Crippen LogP contribution in [0.25, 0.3) is 28.0 Å². The number of halogens is 1. The van der Waals surface area contributed by atoms with E-state index < -0.39 is 0 Å². The van der Waals surface area contributed by atoms with E-state index in [4.69, 9.17) is 24.9 Å². The molecule has 1 aliphatic rings. The number of nitrogens with one attached hydrogen (secondary N) is 1. The Morgan fingerprint density at radius 3 is 2.74 bits per heavy atom. The van der Waals surface area contributed by atoms with Crippen molar-refractivity contribution in [2.45, 2.75) is 18.9 Å². The predicted molar refractivity (Wildman–Crippen MR) is 127 cm³/mol. The molecule has 1 atom stereocenters. The Hall–Kier alpha value is -3.92. The van der Waals surface area contributed by atoms with Crippen molar-refractivity contribution in [3.63, 3.8) is 0 Å². The zero-order chi connectivity index (χ0) is 23.7. The topological polar surface area (TPSA) is 109 Å². The van der Waals surface area contributed by atoms with Gasteiger partial charge in [-0.15, -0.1) is 5.10 Å². The summed E-state index contributed by atoms with van der Waals surface area (Å²) in [6.07, 6.45) is 2.13. The molecular formula is C24H25FN6O3. The van der Waals surface area contributed by atoms with Gasteiger partial charge in [0.1, 0.15) is 11.6 Å². The van der Waals surface area contributed by atoms with Crippen LogP contribution in [0.2, 0.25) is 0 Å². The average molecular weight is 465 g/mol. The molecule has 3 heterocycles. The summed E-state index contributed by atoms with van der Waals surface area (Å²) in [6, 6.07) is 11.6. The lowest BCUT2D eigenvalue weighted by atomic mass is 10.1. The molecule has 3 N–H and O–H groups in total. The van der Waals surface area contributed by atoms with Gasteiger partial charge in [0.2, 0.25) is 5.95 Å². The van der Waals surface area contributed by atoms with Crippen LogP contribution in [-0.2, 0) is 4.74 Å². The third-order valence-corrected chi connectivity index (χ3v) is 5.79. The summed E-state index contributed by atoms with van der Waals surface area (Å²) in [4.78, 5) is 9.36. The number of methoxy groups -OCH3 is 2. The van der Waals surface area contributed by atoms with Gasteiger partial charge in [-0.05, 0) is 49.2 Å². The molecule has 1 unspecified atom stereocenters. The SMILES string of the molecule is COc1ccc(-c2nc(NCC3CCCO3)nc3nn(-c4cccc(F)c4)c(N)c23)cc1OC. The molecule has 0 bridgehead atoms. The number of nitrogens with two attached hydrogens (primary N) is 1. The van der Waals surface area contributed by atoms with Crippen molar-refractivity contribution < 1.29 is 18.6 Å². The van der Waals surface area contributed by atoms with Crippen molar-refractivity contribution in [1.29, 1.82) is 0 Å². The van der Waals surface area contributed by atoms with Crippen molar-refractivity contribution in [2.24, 2.45) is 0 Å². The average Bonchev–Trinajstić information content (AvgIpc) is 3.50. The van der Waals surface area contributed by atoms with Crippen molar-refractivity contribution in [3.05, 3.63) is 48.3 Å². The molecule has 9 nitrogen and oxygen atoms in total. The van der Waals surface area contributed by atoms with E-state index in [1.54, 1.807) is 32.4 Å². The summed E-state index contributed by atoms with van der Waals surface area (Å²) >= 11 is 0. The molecule has 2 aromatic carbocycles. The smallest absolute Gasteiger partial charge is 0.225 e. The Labute approximate surface area is 195 Å². The van der Waals surface area contributed by atoms with E-state index in [2.05, 4.69) is 15.4 Å². The van der Waals surface area contributed by atoms with E-state index >= 15 is 0 Å². The van der Waals surface area contributed by atoms with Crippen LogP contribution in [0, 0.1) is 5.82 Å². The highest BCUT2D eigenvalue weighted by molar-refractivity contribution is 5.99. The number of hydrogen-bond donors (Lipinski definition) is 2. The third-order valence-electron chi connectivity index (χ3n) is 5.79. The lowest BCUT2D eigenvalue weighted by Gasteiger charge is -2.13. The Balaban J connectivity index is 1.65. The number of hydrogen-bond acceptors (Lipinski definition) is 8. The van der Waals surface area contributed by atoms with Crippen LogP contribution in [0.5, 0.6) is 11.5 Å². The molecule has 2 aromatic heterocycles. The first-order valence-electron chi connectivity index (χ1n) is 11.0. The number of anilines is 2. The first kappa shape index (κ1) is 21.9. The molecule has 34 heavy (non-hydrogen) atoms. The lowest BCUT2D eigenvalue weighted by Crippen LogP contribution is -2.19. The van der Waals surface area contributed by atoms with Crippen LogP contribution in [0.4, 0.5) is 16.2 Å². The number of rotatable bonds is 7. The van der Waals surface area contributed by atoms with Gasteiger partial charge < -0.3 is 25.3 Å². The zero-order valence-electron chi connectivity index (χ0n) is 18.9. The number of fused-ring (bicyclic) bond motifs is 1. The van der Waals surface area contributed by atoms with Crippen LogP contribution < -0.4 is 20.5 Å². The molecule has 0 spiro atoms. The monoisotopic (exact) mass is 464 g/mol. The van der Waals surface area contributed by atoms with Crippen molar-refractivity contribution in [3.8, 4) is 28.4 Å². The summed E-state index contributed by atoms with van der Waals surface area (Å²) in [7, 11) is 3.15. The van der Waals surface area contributed by atoms with Crippen molar-refractivity contribution in [2.75, 3.05) is 38.4 Å². The minimum absolute atomic E-state index is 0.110. The molecular weight excluding hydrogens is 439 g/mol. The number of nitrogen functional groups attached to an aromatic ring is 1. The second-order valence-electron chi connectivity index (χ2n) is 7.96. The van der Waals surface area contributed by atoms with E-state index in [9.17, 15) is 4.39 Å². The summed E-state index contributed by atoms with van der Waals surface area (Å²) in [5, 5.41) is 8.39. The van der Waals surface area contributed by atoms with Gasteiger partial charge in [0.25, 0.3) is 0 Å². The van der Waals surface area contributed by atoms with Crippen LogP contribution >= 0.6 is 0 Å². The van der Waals surface area contributed by atoms with E-state index in [1.807, 2.05) is 12.1 Å². The van der Waals surface area contributed by atoms with Crippen LogP contribution in [0.3, 0.4) is 0 Å². The van der Waals surface area contributed by atoms with Gasteiger partial charge in [-0.2, -0.15) is 4.98 Å². The number of ether oxygens (including phenoxy) is 3. The van der Waals surface area contributed by atoms with Crippen LogP contribution in [-0.4, -0.2) is 53.2 Å². The number of aromatic nitrogens is 4. The highest BCUT2D eigenvalue weighted by Crippen LogP contribution is 2.37. The maximum absolute atomic E-state index is 13.9. The standard InChI is InChI=1S/C24H25FN6O3/c1-32-18-9-8-14(11-19(18)33-2)21-20-22(26)31(16-6-3-5-15(25)12-16)30-23(20)29-24(28-21)27-13-17-7-4-10-34-17/h3,5-6,8-9,11-12,17H,4,7,10,13,26H2,1-2H3,(H,27,29,30). The third kappa shape index (κ3) is 4.08. The number of nitrogens with zero attached hydrogens (tertiary/aromatic N) is 4. The first-order valence-corrected chi connectivity index (χ1v) is 11.0. The number of benzene rings is 2. The zero-order valence-corrected chi connectivity index (χ0v) is 18.9. The molecule has 0 aliphatic carbocycles. The molecule has 1 aliphatic heterocycles.